The maximum atomic E-state index is 8.69. The third-order valence-corrected chi connectivity index (χ3v) is 3.08. The van der Waals surface area contributed by atoms with E-state index in [1.165, 1.54) is 32.1 Å². The largest absolute Gasteiger partial charge is 0.354 e. The van der Waals surface area contributed by atoms with Gasteiger partial charge in [-0.05, 0) is 18.4 Å². The Morgan fingerprint density at radius 3 is 3.00 bits per heavy atom. The van der Waals surface area contributed by atoms with Gasteiger partial charge in [0, 0.05) is 12.7 Å². The van der Waals surface area contributed by atoms with Crippen molar-refractivity contribution in [1.82, 2.24) is 9.97 Å². The Kier molecular flexibility index (Phi) is 3.71. The third kappa shape index (κ3) is 2.93. The quantitative estimate of drug-likeness (QED) is 0.839. The lowest BCUT2D eigenvalue weighted by atomic mass is 10.0. The summed E-state index contributed by atoms with van der Waals surface area (Å²) in [6.07, 6.45) is 8.28. The minimum absolute atomic E-state index is 0.415. The average molecular weight is 216 g/mol. The summed E-state index contributed by atoms with van der Waals surface area (Å²) in [6.45, 7) is 0.902. The Balaban J connectivity index is 1.78. The molecule has 1 aromatic heterocycles. The molecule has 0 amide bonds. The van der Waals surface area contributed by atoms with Gasteiger partial charge in [0.2, 0.25) is 5.95 Å². The summed E-state index contributed by atoms with van der Waals surface area (Å²) in [4.78, 5) is 8.15. The Morgan fingerprint density at radius 1 is 1.44 bits per heavy atom. The lowest BCUT2D eigenvalue weighted by molar-refractivity contribution is 0.518. The van der Waals surface area contributed by atoms with Crippen LogP contribution >= 0.6 is 0 Å². The highest BCUT2D eigenvalue weighted by molar-refractivity contribution is 5.29. The predicted molar refractivity (Wildman–Crippen MR) is 61.8 cm³/mol. The molecule has 0 radical (unpaired) electrons. The van der Waals surface area contributed by atoms with Crippen LogP contribution in [0.3, 0.4) is 0 Å². The molecule has 0 aliphatic heterocycles. The monoisotopic (exact) mass is 216 g/mol. The van der Waals surface area contributed by atoms with Gasteiger partial charge in [-0.15, -0.1) is 0 Å². The normalized spacial score (nSPS) is 15.9. The van der Waals surface area contributed by atoms with E-state index >= 15 is 0 Å². The highest BCUT2D eigenvalue weighted by Gasteiger charge is 2.14. The minimum atomic E-state index is 0.415. The van der Waals surface area contributed by atoms with E-state index in [-0.39, 0.29) is 0 Å². The molecule has 0 atom stereocenters. The molecule has 4 heteroatoms. The maximum Gasteiger partial charge on any atom is 0.223 e. The van der Waals surface area contributed by atoms with Gasteiger partial charge in [0.25, 0.3) is 0 Å². The van der Waals surface area contributed by atoms with Crippen LogP contribution < -0.4 is 5.32 Å². The van der Waals surface area contributed by atoms with Gasteiger partial charge in [-0.25, -0.2) is 9.97 Å². The average Bonchev–Trinajstić information content (AvgIpc) is 2.82. The van der Waals surface area contributed by atoms with Crippen LogP contribution in [0.15, 0.2) is 12.3 Å². The van der Waals surface area contributed by atoms with Crippen LogP contribution in [0.5, 0.6) is 0 Å². The summed E-state index contributed by atoms with van der Waals surface area (Å²) >= 11 is 0. The first-order valence-corrected chi connectivity index (χ1v) is 5.85. The van der Waals surface area contributed by atoms with Gasteiger partial charge < -0.3 is 5.32 Å². The smallest absolute Gasteiger partial charge is 0.223 e. The van der Waals surface area contributed by atoms with Crippen LogP contribution in [-0.2, 0) is 0 Å². The van der Waals surface area contributed by atoms with Crippen molar-refractivity contribution in [3.05, 3.63) is 18.0 Å². The Bertz CT molecular complexity index is 377. The molecule has 0 unspecified atom stereocenters. The van der Waals surface area contributed by atoms with E-state index in [2.05, 4.69) is 15.3 Å². The van der Waals surface area contributed by atoms with E-state index in [0.717, 1.165) is 12.5 Å². The first-order valence-electron chi connectivity index (χ1n) is 5.85. The van der Waals surface area contributed by atoms with Crippen LogP contribution in [0, 0.1) is 17.2 Å². The molecule has 16 heavy (non-hydrogen) atoms. The molecule has 1 fully saturated rings. The summed E-state index contributed by atoms with van der Waals surface area (Å²) < 4.78 is 0. The molecule has 0 aromatic carbocycles. The molecule has 1 saturated carbocycles. The molecule has 2 rings (SSSR count). The fourth-order valence-corrected chi connectivity index (χ4v) is 2.19. The number of nitriles is 1. The first-order chi connectivity index (χ1) is 7.88. The van der Waals surface area contributed by atoms with Crippen molar-refractivity contribution in [3.8, 4) is 6.07 Å². The van der Waals surface area contributed by atoms with E-state index in [1.54, 1.807) is 12.3 Å². The Labute approximate surface area is 95.7 Å². The van der Waals surface area contributed by atoms with Crippen molar-refractivity contribution in [2.45, 2.75) is 32.1 Å². The second-order valence-electron chi connectivity index (χ2n) is 4.24. The predicted octanol–water partition coefficient (Wildman–Crippen LogP) is 2.34. The summed E-state index contributed by atoms with van der Waals surface area (Å²) in [5.41, 5.74) is 0.415. The van der Waals surface area contributed by atoms with E-state index < -0.39 is 0 Å². The number of nitrogens with one attached hydrogen (secondary N) is 1. The summed E-state index contributed by atoms with van der Waals surface area (Å²) in [6, 6.07) is 3.62. The molecule has 0 spiro atoms. The second kappa shape index (κ2) is 5.45. The van der Waals surface area contributed by atoms with E-state index in [0.29, 0.717) is 11.6 Å². The zero-order valence-electron chi connectivity index (χ0n) is 9.32. The van der Waals surface area contributed by atoms with Crippen molar-refractivity contribution in [2.75, 3.05) is 11.9 Å². The molecule has 84 valence electrons. The number of hydrogen-bond acceptors (Lipinski definition) is 4. The zero-order chi connectivity index (χ0) is 11.2. The van der Waals surface area contributed by atoms with Gasteiger partial charge >= 0.3 is 0 Å². The third-order valence-electron chi connectivity index (χ3n) is 3.08. The van der Waals surface area contributed by atoms with Crippen LogP contribution in [0.25, 0.3) is 0 Å². The number of aromatic nitrogens is 2. The number of nitrogens with zero attached hydrogens (tertiary/aromatic N) is 3. The number of hydrogen-bond donors (Lipinski definition) is 1. The van der Waals surface area contributed by atoms with Crippen LogP contribution in [0.1, 0.15) is 37.8 Å². The SMILES string of the molecule is N#Cc1ccnc(NCCC2CCCC2)n1. The molecule has 1 heterocycles. The van der Waals surface area contributed by atoms with Crippen LogP contribution in [0.4, 0.5) is 5.95 Å². The molecular weight excluding hydrogens is 200 g/mol. The van der Waals surface area contributed by atoms with Gasteiger partial charge in [0.05, 0.1) is 0 Å². The molecule has 0 bridgehead atoms. The molecule has 4 nitrogen and oxygen atoms in total. The molecule has 1 N–H and O–H groups in total. The maximum absolute atomic E-state index is 8.69. The van der Waals surface area contributed by atoms with Gasteiger partial charge in [-0.3, -0.25) is 0 Å². The standard InChI is InChI=1S/C12H16N4/c13-9-11-6-8-15-12(16-11)14-7-5-10-3-1-2-4-10/h6,8,10H,1-5,7H2,(H,14,15,16). The molecule has 1 aromatic rings. The molecule has 0 saturated heterocycles. The van der Waals surface area contributed by atoms with Crippen LogP contribution in [0.2, 0.25) is 0 Å². The summed E-state index contributed by atoms with van der Waals surface area (Å²) in [5.74, 6) is 1.43. The lowest BCUT2D eigenvalue weighted by Gasteiger charge is -2.09. The molecule has 1 aliphatic carbocycles. The van der Waals surface area contributed by atoms with Crippen molar-refractivity contribution >= 4 is 5.95 Å². The fourth-order valence-electron chi connectivity index (χ4n) is 2.19. The number of anilines is 1. The van der Waals surface area contributed by atoms with Crippen molar-refractivity contribution in [3.63, 3.8) is 0 Å². The van der Waals surface area contributed by atoms with E-state index in [1.807, 2.05) is 6.07 Å². The number of rotatable bonds is 4. The van der Waals surface area contributed by atoms with Gasteiger partial charge in [0.1, 0.15) is 11.8 Å². The van der Waals surface area contributed by atoms with Gasteiger partial charge in [-0.1, -0.05) is 25.7 Å². The van der Waals surface area contributed by atoms with Crippen molar-refractivity contribution in [1.29, 1.82) is 5.26 Å². The summed E-state index contributed by atoms with van der Waals surface area (Å²) in [7, 11) is 0. The highest BCUT2D eigenvalue weighted by atomic mass is 15.1. The fraction of sp³-hybridized carbons (Fsp3) is 0.583. The van der Waals surface area contributed by atoms with Gasteiger partial charge in [-0.2, -0.15) is 5.26 Å². The van der Waals surface area contributed by atoms with E-state index in [9.17, 15) is 0 Å². The van der Waals surface area contributed by atoms with Crippen molar-refractivity contribution in [2.24, 2.45) is 5.92 Å². The topological polar surface area (TPSA) is 61.6 Å². The molecule has 1 aliphatic rings. The van der Waals surface area contributed by atoms with Crippen molar-refractivity contribution < 1.29 is 0 Å². The summed E-state index contributed by atoms with van der Waals surface area (Å²) in [5, 5.41) is 11.9. The lowest BCUT2D eigenvalue weighted by Crippen LogP contribution is -2.09. The van der Waals surface area contributed by atoms with E-state index in [4.69, 9.17) is 5.26 Å². The van der Waals surface area contributed by atoms with Gasteiger partial charge in [0.15, 0.2) is 0 Å². The van der Waals surface area contributed by atoms with Crippen LogP contribution in [-0.4, -0.2) is 16.5 Å². The second-order valence-corrected chi connectivity index (χ2v) is 4.24. The Hall–Kier alpha value is -1.63. The molecular formula is C12H16N4. The zero-order valence-corrected chi connectivity index (χ0v) is 9.32. The minimum Gasteiger partial charge on any atom is -0.354 e. The highest BCUT2D eigenvalue weighted by Crippen LogP contribution is 2.27. The first kappa shape index (κ1) is 10.9. The Morgan fingerprint density at radius 2 is 2.25 bits per heavy atom.